The standard InChI is InChI=1S/C16H14N2O8S2.Na.H/c19-6-9-7-27-15-12(14(21)18(15)13(9)16(22)23)17-11(20)5-8-3-1-2-4-10(8)28(24,25)26;;/h1-4,6,12,15H,5,7H2,(H,17,20)(H,22,23)(H,24,25,26);;/q;+1;-1/t12-,15-;;/m1../s1. The van der Waals surface area contributed by atoms with Crippen molar-refractivity contribution in [2.75, 3.05) is 5.75 Å². The molecule has 0 spiro atoms. The zero-order valence-corrected chi connectivity index (χ0v) is 18.7. The zero-order chi connectivity index (χ0) is 20.6. The molecule has 10 nitrogen and oxygen atoms in total. The smallest absolute Gasteiger partial charge is 1.00 e. The number of aliphatic carboxylic acids is 1. The molecule has 3 rings (SSSR count). The summed E-state index contributed by atoms with van der Waals surface area (Å²) < 4.78 is 32.0. The number of carboxylic acid groups (broad SMARTS) is 1. The topological polar surface area (TPSA) is 158 Å². The Morgan fingerprint density at radius 1 is 1.34 bits per heavy atom. The molecule has 0 aromatic heterocycles. The largest absolute Gasteiger partial charge is 1.00 e. The van der Waals surface area contributed by atoms with E-state index in [0.717, 1.165) is 22.7 Å². The number of carbonyl (C=O) groups excluding carboxylic acids is 3. The third-order valence-corrected chi connectivity index (χ3v) is 6.52. The fraction of sp³-hybridized carbons (Fsp3) is 0.250. The summed E-state index contributed by atoms with van der Waals surface area (Å²) in [4.78, 5) is 47.6. The Bertz CT molecular complexity index is 1030. The van der Waals surface area contributed by atoms with Gasteiger partial charge in [-0.3, -0.25) is 23.8 Å². The fourth-order valence-electron chi connectivity index (χ4n) is 3.03. The van der Waals surface area contributed by atoms with Gasteiger partial charge in [0.25, 0.3) is 16.0 Å². The Morgan fingerprint density at radius 2 is 2.00 bits per heavy atom. The van der Waals surface area contributed by atoms with Crippen LogP contribution in [-0.4, -0.2) is 64.2 Å². The minimum absolute atomic E-state index is 0. The van der Waals surface area contributed by atoms with E-state index >= 15 is 0 Å². The first-order valence-electron chi connectivity index (χ1n) is 7.86. The molecule has 0 bridgehead atoms. The predicted molar refractivity (Wildman–Crippen MR) is 96.8 cm³/mol. The molecule has 3 N–H and O–H groups in total. The van der Waals surface area contributed by atoms with Crippen LogP contribution in [0.4, 0.5) is 0 Å². The minimum atomic E-state index is -4.52. The Hall–Kier alpha value is -1.70. The molecule has 0 saturated carbocycles. The van der Waals surface area contributed by atoms with Gasteiger partial charge in [-0.05, 0) is 11.6 Å². The van der Waals surface area contributed by atoms with Crippen molar-refractivity contribution >= 4 is 45.9 Å². The Balaban J connectivity index is 0.00000225. The molecule has 2 amide bonds. The van der Waals surface area contributed by atoms with Gasteiger partial charge >= 0.3 is 35.5 Å². The summed E-state index contributed by atoms with van der Waals surface area (Å²) in [5.74, 6) is -2.67. The van der Waals surface area contributed by atoms with Crippen molar-refractivity contribution in [1.29, 1.82) is 0 Å². The van der Waals surface area contributed by atoms with E-state index in [1.54, 1.807) is 0 Å². The maximum Gasteiger partial charge on any atom is 1.00 e. The molecule has 2 atom stereocenters. The van der Waals surface area contributed by atoms with Gasteiger partial charge in [0.15, 0.2) is 0 Å². The van der Waals surface area contributed by atoms with Gasteiger partial charge in [-0.1, -0.05) is 18.2 Å². The van der Waals surface area contributed by atoms with Crippen LogP contribution in [0, 0.1) is 0 Å². The van der Waals surface area contributed by atoms with Crippen molar-refractivity contribution < 1.29 is 68.2 Å². The Kier molecular flexibility index (Phi) is 7.30. The number of rotatable bonds is 6. The van der Waals surface area contributed by atoms with Crippen molar-refractivity contribution in [2.45, 2.75) is 22.7 Å². The van der Waals surface area contributed by atoms with Crippen LogP contribution in [0.1, 0.15) is 6.99 Å². The van der Waals surface area contributed by atoms with Gasteiger partial charge in [-0.2, -0.15) is 8.42 Å². The van der Waals surface area contributed by atoms with Crippen molar-refractivity contribution in [3.63, 3.8) is 0 Å². The summed E-state index contributed by atoms with van der Waals surface area (Å²) >= 11 is 1.14. The molecule has 0 radical (unpaired) electrons. The summed E-state index contributed by atoms with van der Waals surface area (Å²) in [7, 11) is -4.52. The molecule has 150 valence electrons. The van der Waals surface area contributed by atoms with Crippen molar-refractivity contribution in [1.82, 2.24) is 10.2 Å². The van der Waals surface area contributed by atoms with E-state index in [0.29, 0.717) is 6.29 Å². The predicted octanol–water partition coefficient (Wildman–Crippen LogP) is -3.47. The van der Waals surface area contributed by atoms with Gasteiger partial charge in [-0.15, -0.1) is 11.8 Å². The van der Waals surface area contributed by atoms with E-state index in [9.17, 15) is 37.3 Å². The minimum Gasteiger partial charge on any atom is -1.00 e. The van der Waals surface area contributed by atoms with Crippen molar-refractivity contribution in [2.24, 2.45) is 0 Å². The van der Waals surface area contributed by atoms with Gasteiger partial charge < -0.3 is 11.8 Å². The van der Waals surface area contributed by atoms with Gasteiger partial charge in [0.05, 0.1) is 11.3 Å². The third-order valence-electron chi connectivity index (χ3n) is 4.26. The van der Waals surface area contributed by atoms with Gasteiger partial charge in [0.2, 0.25) is 5.91 Å². The SMILES string of the molecule is O=CC1=C(C(=O)O)N2C(=O)[C@@H](NC(=O)Cc3ccccc3S(=O)(=O)O)[C@H]2SC1.[H-].[Na+]. The number of thioether (sulfide) groups is 1. The molecule has 0 unspecified atom stereocenters. The molecule has 1 saturated heterocycles. The normalized spacial score (nSPS) is 20.9. The van der Waals surface area contributed by atoms with E-state index in [4.69, 9.17) is 0 Å². The number of β-lactam (4-membered cyclic amide) rings is 1. The van der Waals surface area contributed by atoms with Gasteiger partial charge in [0, 0.05) is 11.3 Å². The van der Waals surface area contributed by atoms with Gasteiger partial charge in [0.1, 0.15) is 23.4 Å². The van der Waals surface area contributed by atoms with Crippen LogP contribution in [0.25, 0.3) is 0 Å². The molecule has 1 fully saturated rings. The van der Waals surface area contributed by atoms with E-state index < -0.39 is 56.3 Å². The van der Waals surface area contributed by atoms with Gasteiger partial charge in [-0.25, -0.2) is 4.79 Å². The number of fused-ring (bicyclic) bond motifs is 1. The van der Waals surface area contributed by atoms with Crippen molar-refractivity contribution in [3.8, 4) is 0 Å². The van der Waals surface area contributed by atoms with Crippen LogP contribution in [0.2, 0.25) is 0 Å². The molecule has 2 heterocycles. The molecular weight excluding hydrogens is 435 g/mol. The number of benzene rings is 1. The first kappa shape index (κ1) is 23.6. The number of hydrogen-bond acceptors (Lipinski definition) is 7. The average molecular weight is 450 g/mol. The fourth-order valence-corrected chi connectivity index (χ4v) is 5.05. The van der Waals surface area contributed by atoms with Crippen LogP contribution < -0.4 is 34.9 Å². The van der Waals surface area contributed by atoms with E-state index in [2.05, 4.69) is 5.32 Å². The second kappa shape index (κ2) is 8.98. The average Bonchev–Trinajstić information content (AvgIpc) is 2.64. The summed E-state index contributed by atoms with van der Waals surface area (Å²) in [6.45, 7) is 0. The number of carboxylic acids is 1. The summed E-state index contributed by atoms with van der Waals surface area (Å²) in [6.07, 6.45) is -0.0174. The molecule has 1 aromatic carbocycles. The molecule has 13 heteroatoms. The van der Waals surface area contributed by atoms with Crippen LogP contribution in [0.3, 0.4) is 0 Å². The second-order valence-electron chi connectivity index (χ2n) is 6.01. The van der Waals surface area contributed by atoms with Crippen molar-refractivity contribution in [3.05, 3.63) is 41.1 Å². The Morgan fingerprint density at radius 3 is 2.59 bits per heavy atom. The number of hydrogen-bond donors (Lipinski definition) is 3. The monoisotopic (exact) mass is 450 g/mol. The number of aldehydes is 1. The van der Waals surface area contributed by atoms with Crippen LogP contribution >= 0.6 is 11.8 Å². The quantitative estimate of drug-likeness (QED) is 0.173. The Labute approximate surface area is 193 Å². The molecule has 0 aliphatic carbocycles. The van der Waals surface area contributed by atoms with E-state index in [1.807, 2.05) is 0 Å². The second-order valence-corrected chi connectivity index (χ2v) is 8.51. The number of nitrogens with one attached hydrogen (secondary N) is 1. The van der Waals surface area contributed by atoms with Crippen LogP contribution in [0.15, 0.2) is 40.4 Å². The number of nitrogens with zero attached hydrogens (tertiary/aromatic N) is 1. The maximum atomic E-state index is 12.3. The molecule has 2 aliphatic heterocycles. The van der Waals surface area contributed by atoms with E-state index in [1.165, 1.54) is 18.2 Å². The van der Waals surface area contributed by atoms with Crippen LogP contribution in [-0.2, 0) is 35.7 Å². The molecule has 2 aliphatic rings. The number of amides is 2. The zero-order valence-electron chi connectivity index (χ0n) is 16.1. The first-order valence-corrected chi connectivity index (χ1v) is 10.3. The summed E-state index contributed by atoms with van der Waals surface area (Å²) in [5, 5.41) is 11.0. The molecule has 29 heavy (non-hydrogen) atoms. The first-order chi connectivity index (χ1) is 13.1. The maximum absolute atomic E-state index is 12.3. The van der Waals surface area contributed by atoms with E-state index in [-0.39, 0.29) is 47.9 Å². The number of carbonyl (C=O) groups is 4. The van der Waals surface area contributed by atoms with Crippen LogP contribution in [0.5, 0.6) is 0 Å². The third kappa shape index (κ3) is 4.57. The summed E-state index contributed by atoms with van der Waals surface area (Å²) in [5.41, 5.74) is -0.364. The molecule has 1 aromatic rings. The summed E-state index contributed by atoms with van der Waals surface area (Å²) in [6, 6.07) is 4.39. The molecular formula is C16H15N2NaO8S2.